The zero-order valence-corrected chi connectivity index (χ0v) is 10.5. The Morgan fingerprint density at radius 1 is 1.28 bits per heavy atom. The van der Waals surface area contributed by atoms with Gasteiger partial charge in [-0.05, 0) is 40.2 Å². The molecule has 0 radical (unpaired) electrons. The molecule has 2 aromatic heterocycles. The molecule has 3 rings (SSSR count). The minimum atomic E-state index is -0.533. The Balaban J connectivity index is 1.94. The first-order valence-electron chi connectivity index (χ1n) is 5.04. The molecular weight excluding hydrogens is 302 g/mol. The molecule has 6 heteroatoms. The number of carbonyl (C=O) groups excluding carboxylic acids is 1. The molecule has 2 aromatic rings. The average molecular weight is 308 g/mol. The zero-order chi connectivity index (χ0) is 12.5. The van der Waals surface area contributed by atoms with Crippen molar-refractivity contribution in [3.05, 3.63) is 52.4 Å². The lowest BCUT2D eigenvalue weighted by Gasteiger charge is -1.92. The highest BCUT2D eigenvalue weighted by Crippen LogP contribution is 2.22. The van der Waals surface area contributed by atoms with Crippen molar-refractivity contribution in [1.82, 2.24) is 0 Å². The number of ether oxygens (including phenoxy) is 1. The summed E-state index contributed by atoms with van der Waals surface area (Å²) in [5.41, 5.74) is 0.174. The summed E-state index contributed by atoms with van der Waals surface area (Å²) in [6.45, 7) is 0. The summed E-state index contributed by atoms with van der Waals surface area (Å²) in [5.74, 6) is 0.531. The maximum atomic E-state index is 11.6. The van der Waals surface area contributed by atoms with Gasteiger partial charge < -0.3 is 13.6 Å². The molecule has 0 bridgehead atoms. The molecule has 3 heterocycles. The van der Waals surface area contributed by atoms with E-state index in [-0.39, 0.29) is 11.6 Å². The number of furan rings is 2. The van der Waals surface area contributed by atoms with Crippen molar-refractivity contribution >= 4 is 33.9 Å². The van der Waals surface area contributed by atoms with E-state index >= 15 is 0 Å². The third kappa shape index (κ3) is 2.02. The van der Waals surface area contributed by atoms with Gasteiger partial charge in [0.1, 0.15) is 5.76 Å². The van der Waals surface area contributed by atoms with E-state index in [0.717, 1.165) is 0 Å². The Morgan fingerprint density at radius 3 is 2.83 bits per heavy atom. The topological polar surface area (TPSA) is 64.9 Å². The van der Waals surface area contributed by atoms with Crippen LogP contribution in [0.25, 0.3) is 6.08 Å². The van der Waals surface area contributed by atoms with Crippen LogP contribution < -0.4 is 0 Å². The molecule has 0 fully saturated rings. The average Bonchev–Trinajstić information content (AvgIpc) is 3.03. The predicted molar refractivity (Wildman–Crippen MR) is 65.7 cm³/mol. The van der Waals surface area contributed by atoms with Gasteiger partial charge in [0.2, 0.25) is 0 Å². The highest BCUT2D eigenvalue weighted by atomic mass is 79.9. The summed E-state index contributed by atoms with van der Waals surface area (Å²) < 4.78 is 15.9. The lowest BCUT2D eigenvalue weighted by atomic mass is 10.3. The number of halogens is 1. The summed E-state index contributed by atoms with van der Waals surface area (Å²) in [6.07, 6.45) is 3.02. The first-order valence-corrected chi connectivity index (χ1v) is 5.83. The van der Waals surface area contributed by atoms with Crippen LogP contribution in [-0.4, -0.2) is 11.9 Å². The van der Waals surface area contributed by atoms with Gasteiger partial charge in [-0.15, -0.1) is 0 Å². The molecule has 1 aliphatic rings. The van der Waals surface area contributed by atoms with Gasteiger partial charge in [0.25, 0.3) is 5.90 Å². The fourth-order valence-electron chi connectivity index (χ4n) is 1.45. The number of rotatable bonds is 2. The SMILES string of the molecule is O=C1OC(c2ccc(Br)o2)=N/C1=C\c1ccco1. The van der Waals surface area contributed by atoms with E-state index in [0.29, 0.717) is 16.2 Å². The van der Waals surface area contributed by atoms with Gasteiger partial charge in [0.15, 0.2) is 16.1 Å². The summed E-state index contributed by atoms with van der Waals surface area (Å²) in [5, 5.41) is 0. The third-order valence-electron chi connectivity index (χ3n) is 2.23. The molecule has 0 amide bonds. The summed E-state index contributed by atoms with van der Waals surface area (Å²) in [6, 6.07) is 6.80. The van der Waals surface area contributed by atoms with E-state index in [9.17, 15) is 4.79 Å². The monoisotopic (exact) mass is 307 g/mol. The second-order valence-corrected chi connectivity index (χ2v) is 4.24. The lowest BCUT2D eigenvalue weighted by molar-refractivity contribution is -0.130. The number of carbonyl (C=O) groups is 1. The van der Waals surface area contributed by atoms with E-state index in [1.165, 1.54) is 12.3 Å². The molecule has 0 aromatic carbocycles. The molecule has 0 spiro atoms. The van der Waals surface area contributed by atoms with Crippen LogP contribution in [0.1, 0.15) is 11.5 Å². The molecule has 5 nitrogen and oxygen atoms in total. The second-order valence-electron chi connectivity index (χ2n) is 3.46. The van der Waals surface area contributed by atoms with Crippen molar-refractivity contribution in [2.24, 2.45) is 4.99 Å². The highest BCUT2D eigenvalue weighted by Gasteiger charge is 2.26. The van der Waals surface area contributed by atoms with Crippen LogP contribution >= 0.6 is 15.9 Å². The molecule has 18 heavy (non-hydrogen) atoms. The lowest BCUT2D eigenvalue weighted by Crippen LogP contribution is -2.04. The number of nitrogens with zero attached hydrogens (tertiary/aromatic N) is 1. The van der Waals surface area contributed by atoms with Gasteiger partial charge in [0, 0.05) is 6.08 Å². The van der Waals surface area contributed by atoms with Crippen LogP contribution in [-0.2, 0) is 9.53 Å². The first kappa shape index (κ1) is 11.0. The molecule has 0 aliphatic carbocycles. The number of hydrogen-bond donors (Lipinski definition) is 0. The van der Waals surface area contributed by atoms with Crippen LogP contribution in [0, 0.1) is 0 Å². The van der Waals surface area contributed by atoms with E-state index in [4.69, 9.17) is 13.6 Å². The Labute approximate surface area is 110 Å². The zero-order valence-electron chi connectivity index (χ0n) is 8.92. The number of cyclic esters (lactones) is 1. The van der Waals surface area contributed by atoms with Crippen molar-refractivity contribution in [1.29, 1.82) is 0 Å². The minimum absolute atomic E-state index is 0.142. The molecule has 0 atom stereocenters. The van der Waals surface area contributed by atoms with Crippen LogP contribution in [0.15, 0.2) is 54.7 Å². The molecule has 0 saturated carbocycles. The normalized spacial score (nSPS) is 17.1. The molecule has 0 unspecified atom stereocenters. The van der Waals surface area contributed by atoms with Gasteiger partial charge >= 0.3 is 5.97 Å². The molecule has 90 valence electrons. The maximum Gasteiger partial charge on any atom is 0.364 e. The first-order chi connectivity index (χ1) is 8.72. The Hall–Kier alpha value is -2.08. The van der Waals surface area contributed by atoms with Crippen LogP contribution in [0.5, 0.6) is 0 Å². The largest absolute Gasteiger partial charge is 0.465 e. The summed E-state index contributed by atoms with van der Waals surface area (Å²) in [7, 11) is 0. The highest BCUT2D eigenvalue weighted by molar-refractivity contribution is 9.10. The van der Waals surface area contributed by atoms with Crippen LogP contribution in [0.3, 0.4) is 0 Å². The van der Waals surface area contributed by atoms with E-state index in [2.05, 4.69) is 20.9 Å². The van der Waals surface area contributed by atoms with Crippen molar-refractivity contribution < 1.29 is 18.4 Å². The fourth-order valence-corrected chi connectivity index (χ4v) is 1.76. The maximum absolute atomic E-state index is 11.6. The van der Waals surface area contributed by atoms with Crippen molar-refractivity contribution in [2.45, 2.75) is 0 Å². The smallest absolute Gasteiger partial charge is 0.364 e. The Morgan fingerprint density at radius 2 is 2.17 bits per heavy atom. The summed E-state index contributed by atoms with van der Waals surface area (Å²) >= 11 is 3.17. The predicted octanol–water partition coefficient (Wildman–Crippen LogP) is 2.98. The van der Waals surface area contributed by atoms with Crippen molar-refractivity contribution in [2.75, 3.05) is 0 Å². The van der Waals surface area contributed by atoms with Crippen molar-refractivity contribution in [3.63, 3.8) is 0 Å². The quantitative estimate of drug-likeness (QED) is 0.632. The van der Waals surface area contributed by atoms with Crippen LogP contribution in [0.4, 0.5) is 0 Å². The molecular formula is C12H6BrNO4. The van der Waals surface area contributed by atoms with E-state index < -0.39 is 5.97 Å². The van der Waals surface area contributed by atoms with Gasteiger partial charge in [-0.2, -0.15) is 0 Å². The van der Waals surface area contributed by atoms with Crippen LogP contribution in [0.2, 0.25) is 0 Å². The van der Waals surface area contributed by atoms with Gasteiger partial charge in [-0.25, -0.2) is 9.79 Å². The Kier molecular flexibility index (Phi) is 2.64. The molecule has 1 aliphatic heterocycles. The fraction of sp³-hybridized carbons (Fsp3) is 0. The van der Waals surface area contributed by atoms with Gasteiger partial charge in [-0.3, -0.25) is 0 Å². The Bertz CT molecular complexity index is 651. The summed E-state index contributed by atoms with van der Waals surface area (Å²) in [4.78, 5) is 15.6. The van der Waals surface area contributed by atoms with E-state index in [1.54, 1.807) is 24.3 Å². The number of aliphatic imine (C=N–C) groups is 1. The number of esters is 1. The number of hydrogen-bond acceptors (Lipinski definition) is 5. The standard InChI is InChI=1S/C12H6BrNO4/c13-10-4-3-9(17-10)11-14-8(12(15)18-11)6-7-2-1-5-16-7/h1-6H/b8-6-. The molecule has 0 N–H and O–H groups in total. The minimum Gasteiger partial charge on any atom is -0.465 e. The molecule has 0 saturated heterocycles. The van der Waals surface area contributed by atoms with Gasteiger partial charge in [-0.1, -0.05) is 0 Å². The van der Waals surface area contributed by atoms with Crippen molar-refractivity contribution in [3.8, 4) is 0 Å². The van der Waals surface area contributed by atoms with Gasteiger partial charge in [0.05, 0.1) is 6.26 Å². The third-order valence-corrected chi connectivity index (χ3v) is 2.65. The van der Waals surface area contributed by atoms with E-state index in [1.807, 2.05) is 0 Å². The second kappa shape index (κ2) is 4.30.